The second-order valence-corrected chi connectivity index (χ2v) is 6.31. The maximum atomic E-state index is 11.3. The number of rotatable bonds is 9. The van der Waals surface area contributed by atoms with Crippen LogP contribution in [0.4, 0.5) is 22.7 Å². The van der Waals surface area contributed by atoms with E-state index in [0.29, 0.717) is 18.0 Å². The number of nitrogens with one attached hydrogen (secondary N) is 1. The van der Waals surface area contributed by atoms with E-state index in [-0.39, 0.29) is 17.1 Å². The first-order valence-corrected chi connectivity index (χ1v) is 8.99. The normalized spacial score (nSPS) is 10.3. The highest BCUT2D eigenvalue weighted by atomic mass is 16.6. The maximum Gasteiger partial charge on any atom is 0.299 e. The first-order valence-electron chi connectivity index (χ1n) is 8.99. The predicted molar refractivity (Wildman–Crippen MR) is 110 cm³/mol. The van der Waals surface area contributed by atoms with E-state index in [9.17, 15) is 20.2 Å². The van der Waals surface area contributed by atoms with Crippen molar-refractivity contribution in [2.75, 3.05) is 11.9 Å². The van der Waals surface area contributed by atoms with E-state index in [0.717, 1.165) is 18.9 Å². The van der Waals surface area contributed by atoms with Crippen LogP contribution in [0, 0.1) is 20.2 Å². The Kier molecular flexibility index (Phi) is 6.36. The van der Waals surface area contributed by atoms with Crippen molar-refractivity contribution in [2.24, 2.45) is 0 Å². The molecule has 0 atom stereocenters. The van der Waals surface area contributed by atoms with E-state index < -0.39 is 9.85 Å². The summed E-state index contributed by atoms with van der Waals surface area (Å²) in [6.45, 7) is 0.538. The number of non-ortho nitro benzene ring substituents is 1. The third-order valence-electron chi connectivity index (χ3n) is 4.22. The molecule has 0 aliphatic heterocycles. The molecule has 0 unspecified atom stereocenters. The second kappa shape index (κ2) is 9.32. The van der Waals surface area contributed by atoms with Crippen LogP contribution in [0.1, 0.15) is 12.0 Å². The number of nitro groups is 2. The monoisotopic (exact) mass is 393 g/mol. The van der Waals surface area contributed by atoms with Crippen LogP contribution < -0.4 is 10.1 Å². The zero-order valence-electron chi connectivity index (χ0n) is 15.5. The average Bonchev–Trinajstić information content (AvgIpc) is 2.72. The van der Waals surface area contributed by atoms with Crippen LogP contribution >= 0.6 is 0 Å². The van der Waals surface area contributed by atoms with E-state index in [2.05, 4.69) is 17.4 Å². The Morgan fingerprint density at radius 3 is 2.38 bits per heavy atom. The lowest BCUT2D eigenvalue weighted by atomic mass is 10.1. The van der Waals surface area contributed by atoms with Crippen molar-refractivity contribution in [3.05, 3.63) is 98.6 Å². The molecule has 0 amide bonds. The van der Waals surface area contributed by atoms with Gasteiger partial charge in [-0.25, -0.2) is 0 Å². The van der Waals surface area contributed by atoms with Crippen LogP contribution in [0.5, 0.6) is 5.75 Å². The molecule has 29 heavy (non-hydrogen) atoms. The number of hydrogen-bond donors (Lipinski definition) is 1. The minimum Gasteiger partial charge on any atom is -0.494 e. The lowest BCUT2D eigenvalue weighted by molar-refractivity contribution is -0.393. The van der Waals surface area contributed by atoms with Crippen molar-refractivity contribution in [3.8, 4) is 5.75 Å². The highest BCUT2D eigenvalue weighted by Crippen LogP contribution is 2.32. The molecule has 0 radical (unpaired) electrons. The van der Waals surface area contributed by atoms with Gasteiger partial charge in [0.05, 0.1) is 22.5 Å². The fourth-order valence-corrected chi connectivity index (χ4v) is 2.82. The number of nitrogens with zero attached hydrogens (tertiary/aromatic N) is 2. The van der Waals surface area contributed by atoms with Gasteiger partial charge in [-0.2, -0.15) is 0 Å². The molecule has 8 nitrogen and oxygen atoms in total. The Labute approximate surface area is 167 Å². The second-order valence-electron chi connectivity index (χ2n) is 6.31. The first-order chi connectivity index (χ1) is 14.0. The summed E-state index contributed by atoms with van der Waals surface area (Å²) < 4.78 is 5.77. The summed E-state index contributed by atoms with van der Waals surface area (Å²) >= 11 is 0. The molecule has 0 aliphatic rings. The van der Waals surface area contributed by atoms with Crippen molar-refractivity contribution >= 4 is 22.7 Å². The molecular formula is C21H19N3O5. The van der Waals surface area contributed by atoms with Gasteiger partial charge in [-0.3, -0.25) is 20.2 Å². The van der Waals surface area contributed by atoms with Crippen LogP contribution in [-0.2, 0) is 6.42 Å². The lowest BCUT2D eigenvalue weighted by Gasteiger charge is -2.10. The average molecular weight is 393 g/mol. The number of ether oxygens (including phenoxy) is 1. The quantitative estimate of drug-likeness (QED) is 0.302. The van der Waals surface area contributed by atoms with E-state index in [1.807, 2.05) is 18.2 Å². The molecule has 0 saturated carbocycles. The molecule has 0 heterocycles. The number of anilines is 2. The standard InChI is InChI=1S/C21H19N3O5/c25-23(26)18-11-12-20(21(15-18)24(27)28)22-17-9-4-10-19(14-17)29-13-5-8-16-6-2-1-3-7-16/h1-4,6-7,9-12,14-15,22H,5,8,13H2. The summed E-state index contributed by atoms with van der Waals surface area (Å²) in [6, 6.07) is 20.7. The Morgan fingerprint density at radius 2 is 1.66 bits per heavy atom. The Morgan fingerprint density at radius 1 is 0.862 bits per heavy atom. The van der Waals surface area contributed by atoms with Gasteiger partial charge in [0.2, 0.25) is 0 Å². The van der Waals surface area contributed by atoms with E-state index in [4.69, 9.17) is 4.74 Å². The minimum atomic E-state index is -0.666. The van der Waals surface area contributed by atoms with Crippen LogP contribution in [0.3, 0.4) is 0 Å². The molecule has 148 valence electrons. The molecule has 3 aromatic rings. The van der Waals surface area contributed by atoms with Crippen LogP contribution in [0.25, 0.3) is 0 Å². The van der Waals surface area contributed by atoms with Gasteiger partial charge in [-0.1, -0.05) is 36.4 Å². The fraction of sp³-hybridized carbons (Fsp3) is 0.143. The van der Waals surface area contributed by atoms with Gasteiger partial charge in [0, 0.05) is 17.8 Å². The zero-order valence-corrected chi connectivity index (χ0v) is 15.5. The summed E-state index contributed by atoms with van der Waals surface area (Å²) in [5.74, 6) is 0.632. The van der Waals surface area contributed by atoms with E-state index >= 15 is 0 Å². The van der Waals surface area contributed by atoms with Crippen LogP contribution in [0.15, 0.2) is 72.8 Å². The Bertz CT molecular complexity index is 1010. The largest absolute Gasteiger partial charge is 0.494 e. The zero-order chi connectivity index (χ0) is 20.6. The van der Waals surface area contributed by atoms with Crippen molar-refractivity contribution in [3.63, 3.8) is 0 Å². The van der Waals surface area contributed by atoms with E-state index in [1.165, 1.54) is 17.7 Å². The predicted octanol–water partition coefficient (Wildman–Crippen LogP) is 5.26. The number of aryl methyl sites for hydroxylation is 1. The number of nitro benzene ring substituents is 2. The lowest BCUT2D eigenvalue weighted by Crippen LogP contribution is -2.01. The molecule has 3 rings (SSSR count). The molecule has 0 fully saturated rings. The highest BCUT2D eigenvalue weighted by molar-refractivity contribution is 5.72. The van der Waals surface area contributed by atoms with E-state index in [1.54, 1.807) is 24.3 Å². The van der Waals surface area contributed by atoms with Gasteiger partial charge in [0.1, 0.15) is 11.4 Å². The minimum absolute atomic E-state index is 0.168. The molecule has 0 saturated heterocycles. The fourth-order valence-electron chi connectivity index (χ4n) is 2.82. The molecule has 8 heteroatoms. The summed E-state index contributed by atoms with van der Waals surface area (Å²) in [5.41, 5.74) is 1.30. The summed E-state index contributed by atoms with van der Waals surface area (Å²) in [6.07, 6.45) is 1.77. The molecule has 0 aliphatic carbocycles. The Hall–Kier alpha value is -3.94. The van der Waals surface area contributed by atoms with Gasteiger partial charge in [-0.05, 0) is 36.6 Å². The topological polar surface area (TPSA) is 108 Å². The van der Waals surface area contributed by atoms with Crippen molar-refractivity contribution in [1.82, 2.24) is 0 Å². The molecule has 0 aromatic heterocycles. The molecule has 3 aromatic carbocycles. The van der Waals surface area contributed by atoms with Gasteiger partial charge in [-0.15, -0.1) is 0 Å². The van der Waals surface area contributed by atoms with Gasteiger partial charge >= 0.3 is 0 Å². The maximum absolute atomic E-state index is 11.3. The Balaban J connectivity index is 1.64. The van der Waals surface area contributed by atoms with Crippen LogP contribution in [0.2, 0.25) is 0 Å². The van der Waals surface area contributed by atoms with Crippen LogP contribution in [-0.4, -0.2) is 16.5 Å². The van der Waals surface area contributed by atoms with Crippen molar-refractivity contribution < 1.29 is 14.6 Å². The summed E-state index contributed by atoms with van der Waals surface area (Å²) in [5, 5.41) is 25.0. The molecule has 1 N–H and O–H groups in total. The van der Waals surface area contributed by atoms with Crippen molar-refractivity contribution in [1.29, 1.82) is 0 Å². The summed E-state index contributed by atoms with van der Waals surface area (Å²) in [4.78, 5) is 20.8. The molecule has 0 spiro atoms. The van der Waals surface area contributed by atoms with Gasteiger partial charge in [0.15, 0.2) is 0 Å². The van der Waals surface area contributed by atoms with Gasteiger partial charge < -0.3 is 10.1 Å². The van der Waals surface area contributed by atoms with Gasteiger partial charge in [0.25, 0.3) is 11.4 Å². The molecular weight excluding hydrogens is 374 g/mol. The van der Waals surface area contributed by atoms with Crippen molar-refractivity contribution in [2.45, 2.75) is 12.8 Å². The highest BCUT2D eigenvalue weighted by Gasteiger charge is 2.19. The third-order valence-corrected chi connectivity index (χ3v) is 4.22. The molecule has 0 bridgehead atoms. The number of benzene rings is 3. The SMILES string of the molecule is O=[N+]([O-])c1ccc(Nc2cccc(OCCCc3ccccc3)c2)c([N+](=O)[O-])c1. The summed E-state index contributed by atoms with van der Waals surface area (Å²) in [7, 11) is 0. The first kappa shape index (κ1) is 19.8. The number of hydrogen-bond acceptors (Lipinski definition) is 6. The smallest absolute Gasteiger partial charge is 0.299 e. The third kappa shape index (κ3) is 5.52.